The fraction of sp³-hybridized carbons (Fsp3) is 0.182. The highest BCUT2D eigenvalue weighted by Gasteiger charge is 2.27. The van der Waals surface area contributed by atoms with Gasteiger partial charge in [0.2, 0.25) is 5.91 Å². The Morgan fingerprint density at radius 1 is 1.08 bits per heavy atom. The molecule has 26 heavy (non-hydrogen) atoms. The van der Waals surface area contributed by atoms with E-state index in [-0.39, 0.29) is 5.91 Å². The quantitative estimate of drug-likeness (QED) is 0.766. The van der Waals surface area contributed by atoms with Crippen molar-refractivity contribution < 1.29 is 4.79 Å². The number of nitrogens with one attached hydrogen (secondary N) is 1. The number of carbonyl (C=O) groups excluding carboxylic acids is 1. The highest BCUT2D eigenvalue weighted by molar-refractivity contribution is 5.92. The molecule has 1 N–H and O–H groups in total. The Balaban J connectivity index is 1.46. The van der Waals surface area contributed by atoms with E-state index in [4.69, 9.17) is 0 Å². The standard InChI is InChI=1S/C22H21N3O/c1-16-13-18-9-5-6-10-20(18)25(16)21-12-11-19(15-23-21)24-22(26)14-17-7-3-2-4-8-17/h2-12,15-16H,13-14H2,1H3,(H,24,26). The van der Waals surface area contributed by atoms with Crippen LogP contribution in [0.5, 0.6) is 0 Å². The van der Waals surface area contributed by atoms with Gasteiger partial charge in [0, 0.05) is 11.7 Å². The maximum atomic E-state index is 12.2. The van der Waals surface area contributed by atoms with Crippen molar-refractivity contribution in [3.63, 3.8) is 0 Å². The van der Waals surface area contributed by atoms with Crippen LogP contribution < -0.4 is 10.2 Å². The van der Waals surface area contributed by atoms with Gasteiger partial charge in [0.05, 0.1) is 18.3 Å². The number of benzene rings is 2. The Kier molecular flexibility index (Phi) is 4.40. The summed E-state index contributed by atoms with van der Waals surface area (Å²) in [6.45, 7) is 2.21. The minimum absolute atomic E-state index is 0.0364. The molecule has 1 aliphatic heterocycles. The van der Waals surface area contributed by atoms with Crippen LogP contribution in [0.15, 0.2) is 72.9 Å². The molecule has 1 amide bonds. The summed E-state index contributed by atoms with van der Waals surface area (Å²) in [6, 6.07) is 22.4. The number of hydrogen-bond donors (Lipinski definition) is 1. The van der Waals surface area contributed by atoms with Gasteiger partial charge in [-0.25, -0.2) is 4.98 Å². The van der Waals surface area contributed by atoms with Crippen molar-refractivity contribution in [3.8, 4) is 0 Å². The molecule has 2 aromatic carbocycles. The van der Waals surface area contributed by atoms with E-state index >= 15 is 0 Å². The fourth-order valence-corrected chi connectivity index (χ4v) is 3.50. The van der Waals surface area contributed by atoms with Gasteiger partial charge in [-0.15, -0.1) is 0 Å². The average Bonchev–Trinajstić information content (AvgIpc) is 2.99. The van der Waals surface area contributed by atoms with E-state index in [1.807, 2.05) is 42.5 Å². The highest BCUT2D eigenvalue weighted by Crippen LogP contribution is 2.37. The van der Waals surface area contributed by atoms with E-state index in [9.17, 15) is 4.79 Å². The minimum Gasteiger partial charge on any atom is -0.324 e. The Bertz CT molecular complexity index is 906. The van der Waals surface area contributed by atoms with Gasteiger partial charge in [-0.1, -0.05) is 48.5 Å². The zero-order chi connectivity index (χ0) is 17.9. The van der Waals surface area contributed by atoms with Crippen LogP contribution in [-0.2, 0) is 17.6 Å². The minimum atomic E-state index is -0.0364. The van der Waals surface area contributed by atoms with E-state index in [0.29, 0.717) is 12.5 Å². The van der Waals surface area contributed by atoms with Crippen LogP contribution in [0.1, 0.15) is 18.1 Å². The normalized spacial score (nSPS) is 15.6. The largest absolute Gasteiger partial charge is 0.324 e. The second-order valence-corrected chi connectivity index (χ2v) is 6.67. The van der Waals surface area contributed by atoms with Crippen LogP contribution in [0.25, 0.3) is 0 Å². The Labute approximate surface area is 153 Å². The monoisotopic (exact) mass is 343 g/mol. The van der Waals surface area contributed by atoms with Crippen LogP contribution in [0.4, 0.5) is 17.2 Å². The fourth-order valence-electron chi connectivity index (χ4n) is 3.50. The van der Waals surface area contributed by atoms with Crippen molar-refractivity contribution >= 4 is 23.1 Å². The number of anilines is 3. The van der Waals surface area contributed by atoms with Crippen molar-refractivity contribution in [2.75, 3.05) is 10.2 Å². The molecule has 1 unspecified atom stereocenters. The van der Waals surface area contributed by atoms with Gasteiger partial charge in [-0.05, 0) is 42.7 Å². The molecule has 0 bridgehead atoms. The predicted octanol–water partition coefficient (Wildman–Crippen LogP) is 4.35. The number of fused-ring (bicyclic) bond motifs is 1. The summed E-state index contributed by atoms with van der Waals surface area (Å²) in [6.07, 6.45) is 3.11. The molecular formula is C22H21N3O. The maximum absolute atomic E-state index is 12.2. The predicted molar refractivity (Wildman–Crippen MR) is 105 cm³/mol. The van der Waals surface area contributed by atoms with E-state index in [1.54, 1.807) is 6.20 Å². The average molecular weight is 343 g/mol. The number of carbonyl (C=O) groups is 1. The zero-order valence-corrected chi connectivity index (χ0v) is 14.7. The summed E-state index contributed by atoms with van der Waals surface area (Å²) in [4.78, 5) is 19.0. The smallest absolute Gasteiger partial charge is 0.228 e. The molecule has 3 aromatic rings. The van der Waals surface area contributed by atoms with E-state index in [2.05, 4.69) is 46.4 Å². The molecule has 4 nitrogen and oxygen atoms in total. The summed E-state index contributed by atoms with van der Waals surface area (Å²) in [5, 5.41) is 2.92. The molecule has 1 aliphatic rings. The molecule has 0 spiro atoms. The first-order valence-corrected chi connectivity index (χ1v) is 8.87. The number of hydrogen-bond acceptors (Lipinski definition) is 3. The zero-order valence-electron chi connectivity index (χ0n) is 14.7. The summed E-state index contributed by atoms with van der Waals surface area (Å²) in [7, 11) is 0. The molecule has 1 atom stereocenters. The van der Waals surface area contributed by atoms with Gasteiger partial charge in [0.1, 0.15) is 5.82 Å². The molecular weight excluding hydrogens is 322 g/mol. The first-order valence-electron chi connectivity index (χ1n) is 8.87. The first kappa shape index (κ1) is 16.3. The summed E-state index contributed by atoms with van der Waals surface area (Å²) in [5.41, 5.74) is 4.28. The number of rotatable bonds is 4. The second kappa shape index (κ2) is 7.00. The van der Waals surface area contributed by atoms with Crippen LogP contribution in [0, 0.1) is 0 Å². The SMILES string of the molecule is CC1Cc2ccccc2N1c1ccc(NC(=O)Cc2ccccc2)cn1. The number of pyridine rings is 1. The lowest BCUT2D eigenvalue weighted by molar-refractivity contribution is -0.115. The van der Waals surface area contributed by atoms with E-state index in [0.717, 1.165) is 23.5 Å². The van der Waals surface area contributed by atoms with Crippen LogP contribution >= 0.6 is 0 Å². The third-order valence-electron chi connectivity index (χ3n) is 4.69. The van der Waals surface area contributed by atoms with Gasteiger partial charge >= 0.3 is 0 Å². The summed E-state index contributed by atoms with van der Waals surface area (Å²) < 4.78 is 0. The van der Waals surface area contributed by atoms with Crippen molar-refractivity contribution in [3.05, 3.63) is 84.1 Å². The number of amides is 1. The van der Waals surface area contributed by atoms with Crippen LogP contribution in [0.2, 0.25) is 0 Å². The lowest BCUT2D eigenvalue weighted by Crippen LogP contribution is -2.24. The lowest BCUT2D eigenvalue weighted by Gasteiger charge is -2.24. The van der Waals surface area contributed by atoms with Gasteiger partial charge in [-0.3, -0.25) is 4.79 Å². The molecule has 0 radical (unpaired) electrons. The molecule has 1 aromatic heterocycles. The Hall–Kier alpha value is -3.14. The van der Waals surface area contributed by atoms with Crippen LogP contribution in [0.3, 0.4) is 0 Å². The summed E-state index contributed by atoms with van der Waals surface area (Å²) >= 11 is 0. The van der Waals surface area contributed by atoms with Gasteiger partial charge < -0.3 is 10.2 Å². The molecule has 0 fully saturated rings. The Morgan fingerprint density at radius 3 is 2.62 bits per heavy atom. The summed E-state index contributed by atoms with van der Waals surface area (Å²) in [5.74, 6) is 0.870. The third kappa shape index (κ3) is 3.31. The molecule has 4 heteroatoms. The molecule has 0 saturated heterocycles. The van der Waals surface area contributed by atoms with E-state index < -0.39 is 0 Å². The molecule has 130 valence electrons. The molecule has 2 heterocycles. The van der Waals surface area contributed by atoms with Crippen molar-refractivity contribution in [2.45, 2.75) is 25.8 Å². The highest BCUT2D eigenvalue weighted by atomic mass is 16.1. The Morgan fingerprint density at radius 2 is 1.85 bits per heavy atom. The lowest BCUT2D eigenvalue weighted by atomic mass is 10.1. The van der Waals surface area contributed by atoms with Gasteiger partial charge in [0.25, 0.3) is 0 Å². The van der Waals surface area contributed by atoms with Gasteiger partial charge in [-0.2, -0.15) is 0 Å². The number of nitrogens with zero attached hydrogens (tertiary/aromatic N) is 2. The van der Waals surface area contributed by atoms with Crippen molar-refractivity contribution in [1.29, 1.82) is 0 Å². The van der Waals surface area contributed by atoms with E-state index in [1.165, 1.54) is 11.3 Å². The number of para-hydroxylation sites is 1. The molecule has 0 saturated carbocycles. The first-order chi connectivity index (χ1) is 12.7. The van der Waals surface area contributed by atoms with Crippen molar-refractivity contribution in [1.82, 2.24) is 4.98 Å². The second-order valence-electron chi connectivity index (χ2n) is 6.67. The van der Waals surface area contributed by atoms with Gasteiger partial charge in [0.15, 0.2) is 0 Å². The van der Waals surface area contributed by atoms with Crippen LogP contribution in [-0.4, -0.2) is 16.9 Å². The molecule has 0 aliphatic carbocycles. The van der Waals surface area contributed by atoms with Crippen molar-refractivity contribution in [2.24, 2.45) is 0 Å². The number of aromatic nitrogens is 1. The third-order valence-corrected chi connectivity index (χ3v) is 4.69. The topological polar surface area (TPSA) is 45.2 Å². The molecule has 4 rings (SSSR count). The maximum Gasteiger partial charge on any atom is 0.228 e.